The fourth-order valence-corrected chi connectivity index (χ4v) is 2.86. The highest BCUT2D eigenvalue weighted by atomic mass is 79.9. The molecule has 3 nitrogen and oxygen atoms in total. The van der Waals surface area contributed by atoms with Crippen LogP contribution >= 0.6 is 15.9 Å². The monoisotopic (exact) mass is 298 g/mol. The number of halogens is 1. The summed E-state index contributed by atoms with van der Waals surface area (Å²) in [6, 6.07) is 8.68. The summed E-state index contributed by atoms with van der Waals surface area (Å²) in [5, 5.41) is 12.6. The maximum absolute atomic E-state index is 9.18. The van der Waals surface area contributed by atoms with Crippen LogP contribution in [0.25, 0.3) is 0 Å². The van der Waals surface area contributed by atoms with Gasteiger partial charge in [0.2, 0.25) is 0 Å². The highest BCUT2D eigenvalue weighted by molar-refractivity contribution is 9.10. The first-order chi connectivity index (χ1) is 8.33. The Labute approximate surface area is 111 Å². The lowest BCUT2D eigenvalue weighted by atomic mass is 10.1. The summed E-state index contributed by atoms with van der Waals surface area (Å²) in [5.41, 5.74) is 1.23. The zero-order valence-corrected chi connectivity index (χ0v) is 11.5. The SMILES string of the molecule is OCCC1CNCCCN1c1ccccc1Br. The van der Waals surface area contributed by atoms with Gasteiger partial charge < -0.3 is 15.3 Å². The summed E-state index contributed by atoms with van der Waals surface area (Å²) in [6.45, 7) is 3.29. The Kier molecular flexibility index (Phi) is 4.83. The van der Waals surface area contributed by atoms with Crippen LogP contribution in [-0.2, 0) is 0 Å². The standard InChI is InChI=1S/C13H19BrN2O/c14-12-4-1-2-5-13(12)16-8-3-7-15-10-11(16)6-9-17/h1-2,4-5,11,15,17H,3,6-10H2. The minimum atomic E-state index is 0.243. The summed E-state index contributed by atoms with van der Waals surface area (Å²) in [6.07, 6.45) is 1.96. The van der Waals surface area contributed by atoms with Crippen LogP contribution in [0, 0.1) is 0 Å². The second-order valence-corrected chi connectivity index (χ2v) is 5.22. The average molecular weight is 299 g/mol. The van der Waals surface area contributed by atoms with E-state index in [-0.39, 0.29) is 6.61 Å². The van der Waals surface area contributed by atoms with Gasteiger partial charge in [-0.05, 0) is 47.4 Å². The molecule has 94 valence electrons. The van der Waals surface area contributed by atoms with Crippen LogP contribution in [0.15, 0.2) is 28.7 Å². The van der Waals surface area contributed by atoms with Crippen molar-refractivity contribution in [2.24, 2.45) is 0 Å². The third-order valence-corrected chi connectivity index (χ3v) is 3.87. The first-order valence-corrected chi connectivity index (χ1v) is 6.95. The predicted octanol–water partition coefficient (Wildman–Crippen LogP) is 2.00. The number of aliphatic hydroxyl groups excluding tert-OH is 1. The molecule has 0 aromatic heterocycles. The van der Waals surface area contributed by atoms with E-state index < -0.39 is 0 Å². The molecule has 0 saturated carbocycles. The molecule has 2 rings (SSSR count). The number of aliphatic hydroxyl groups is 1. The molecule has 0 spiro atoms. The van der Waals surface area contributed by atoms with Crippen molar-refractivity contribution >= 4 is 21.6 Å². The summed E-state index contributed by atoms with van der Waals surface area (Å²) in [5.74, 6) is 0. The van der Waals surface area contributed by atoms with E-state index in [0.29, 0.717) is 6.04 Å². The third kappa shape index (κ3) is 3.21. The predicted molar refractivity (Wildman–Crippen MR) is 74.5 cm³/mol. The van der Waals surface area contributed by atoms with Crippen molar-refractivity contribution in [1.82, 2.24) is 5.32 Å². The molecule has 4 heteroatoms. The van der Waals surface area contributed by atoms with E-state index in [1.165, 1.54) is 5.69 Å². The van der Waals surface area contributed by atoms with Gasteiger partial charge in [0.25, 0.3) is 0 Å². The molecule has 0 bridgehead atoms. The molecular weight excluding hydrogens is 280 g/mol. The highest BCUT2D eigenvalue weighted by Gasteiger charge is 2.21. The maximum atomic E-state index is 9.18. The van der Waals surface area contributed by atoms with E-state index in [1.807, 2.05) is 6.07 Å². The molecule has 1 unspecified atom stereocenters. The van der Waals surface area contributed by atoms with E-state index in [4.69, 9.17) is 0 Å². The summed E-state index contributed by atoms with van der Waals surface area (Å²) in [4.78, 5) is 2.40. The number of para-hydroxylation sites is 1. The van der Waals surface area contributed by atoms with Crippen LogP contribution in [0.2, 0.25) is 0 Å². The molecular formula is C13H19BrN2O. The minimum absolute atomic E-state index is 0.243. The lowest BCUT2D eigenvalue weighted by molar-refractivity contribution is 0.273. The molecule has 1 aromatic rings. The molecule has 0 radical (unpaired) electrons. The average Bonchev–Trinajstić information content (AvgIpc) is 2.56. The molecule has 1 aliphatic rings. The topological polar surface area (TPSA) is 35.5 Å². The van der Waals surface area contributed by atoms with E-state index in [2.05, 4.69) is 44.3 Å². The Morgan fingerprint density at radius 1 is 1.41 bits per heavy atom. The largest absolute Gasteiger partial charge is 0.396 e. The van der Waals surface area contributed by atoms with Crippen molar-refractivity contribution in [1.29, 1.82) is 0 Å². The van der Waals surface area contributed by atoms with Crippen molar-refractivity contribution in [3.05, 3.63) is 28.7 Å². The van der Waals surface area contributed by atoms with Gasteiger partial charge in [0.15, 0.2) is 0 Å². The van der Waals surface area contributed by atoms with Gasteiger partial charge in [-0.25, -0.2) is 0 Å². The number of hydrogen-bond acceptors (Lipinski definition) is 3. The molecule has 1 heterocycles. The molecule has 0 amide bonds. The third-order valence-electron chi connectivity index (χ3n) is 3.20. The lowest BCUT2D eigenvalue weighted by Crippen LogP contribution is -2.40. The zero-order chi connectivity index (χ0) is 12.1. The number of nitrogens with one attached hydrogen (secondary N) is 1. The molecule has 1 aliphatic heterocycles. The van der Waals surface area contributed by atoms with E-state index in [0.717, 1.165) is 36.9 Å². The number of benzene rings is 1. The molecule has 17 heavy (non-hydrogen) atoms. The minimum Gasteiger partial charge on any atom is -0.396 e. The van der Waals surface area contributed by atoms with Crippen molar-refractivity contribution in [2.75, 3.05) is 31.1 Å². The molecule has 1 aromatic carbocycles. The number of rotatable bonds is 3. The lowest BCUT2D eigenvalue weighted by Gasteiger charge is -2.32. The van der Waals surface area contributed by atoms with Crippen LogP contribution in [0.5, 0.6) is 0 Å². The maximum Gasteiger partial charge on any atom is 0.0513 e. The zero-order valence-electron chi connectivity index (χ0n) is 9.90. The fourth-order valence-electron chi connectivity index (χ4n) is 2.34. The van der Waals surface area contributed by atoms with Gasteiger partial charge in [-0.2, -0.15) is 0 Å². The number of anilines is 1. The van der Waals surface area contributed by atoms with Crippen LogP contribution in [0.1, 0.15) is 12.8 Å². The van der Waals surface area contributed by atoms with Gasteiger partial charge in [-0.1, -0.05) is 12.1 Å². The number of nitrogens with zero attached hydrogens (tertiary/aromatic N) is 1. The number of hydrogen-bond donors (Lipinski definition) is 2. The van der Waals surface area contributed by atoms with Gasteiger partial charge in [-0.3, -0.25) is 0 Å². The van der Waals surface area contributed by atoms with Gasteiger partial charge in [-0.15, -0.1) is 0 Å². The van der Waals surface area contributed by atoms with Gasteiger partial charge in [0.1, 0.15) is 0 Å². The van der Waals surface area contributed by atoms with Crippen LogP contribution in [-0.4, -0.2) is 37.4 Å². The van der Waals surface area contributed by atoms with Crippen molar-refractivity contribution in [2.45, 2.75) is 18.9 Å². The van der Waals surface area contributed by atoms with Crippen molar-refractivity contribution < 1.29 is 5.11 Å². The van der Waals surface area contributed by atoms with E-state index in [1.54, 1.807) is 0 Å². The summed E-state index contributed by atoms with van der Waals surface area (Å²) < 4.78 is 1.13. The van der Waals surface area contributed by atoms with Crippen molar-refractivity contribution in [3.8, 4) is 0 Å². The Morgan fingerprint density at radius 2 is 2.24 bits per heavy atom. The first kappa shape index (κ1) is 12.9. The van der Waals surface area contributed by atoms with Crippen LogP contribution < -0.4 is 10.2 Å². The second-order valence-electron chi connectivity index (χ2n) is 4.37. The summed E-state index contributed by atoms with van der Waals surface area (Å²) in [7, 11) is 0. The Bertz CT molecular complexity index is 359. The molecule has 0 aliphatic carbocycles. The molecule has 2 N–H and O–H groups in total. The molecule has 1 atom stereocenters. The van der Waals surface area contributed by atoms with Gasteiger partial charge in [0.05, 0.1) is 5.69 Å². The first-order valence-electron chi connectivity index (χ1n) is 6.15. The smallest absolute Gasteiger partial charge is 0.0513 e. The Morgan fingerprint density at radius 3 is 3.00 bits per heavy atom. The highest BCUT2D eigenvalue weighted by Crippen LogP contribution is 2.28. The van der Waals surface area contributed by atoms with Gasteiger partial charge >= 0.3 is 0 Å². The molecule has 1 fully saturated rings. The van der Waals surface area contributed by atoms with E-state index >= 15 is 0 Å². The normalized spacial score (nSPS) is 21.3. The van der Waals surface area contributed by atoms with Crippen molar-refractivity contribution in [3.63, 3.8) is 0 Å². The Balaban J connectivity index is 2.22. The van der Waals surface area contributed by atoms with Gasteiger partial charge in [0, 0.05) is 30.2 Å². The van der Waals surface area contributed by atoms with Crippen LogP contribution in [0.3, 0.4) is 0 Å². The summed E-state index contributed by atoms with van der Waals surface area (Å²) >= 11 is 3.61. The fraction of sp³-hybridized carbons (Fsp3) is 0.538. The van der Waals surface area contributed by atoms with E-state index in [9.17, 15) is 5.11 Å². The van der Waals surface area contributed by atoms with Crippen LogP contribution in [0.4, 0.5) is 5.69 Å². The quantitative estimate of drug-likeness (QED) is 0.896. The second kappa shape index (κ2) is 6.38. The Hall–Kier alpha value is -0.580. The molecule has 1 saturated heterocycles.